The number of pyridine rings is 1. The summed E-state index contributed by atoms with van der Waals surface area (Å²) in [5.41, 5.74) is -1.26. The molecule has 1 aliphatic heterocycles. The fourth-order valence-electron chi connectivity index (χ4n) is 3.20. The number of alkyl halides is 3. The standard InChI is InChI=1S/C19H16F3N3O3/c1-18(2)17(27)15(25-8-4-3-5-14(25)24-10-23)12-9-11(6-7-13(12)28-18)16(26)19(20,21)22/h3-9,15,17,27H,1-2H3. The van der Waals surface area contributed by atoms with E-state index in [9.17, 15) is 23.1 Å². The van der Waals surface area contributed by atoms with E-state index in [4.69, 9.17) is 10.00 Å². The SMILES string of the molecule is CC1(C)Oc2ccc(C(=O)C(F)(F)F)cc2C(n2ccccc2=NC#N)C1O. The van der Waals surface area contributed by atoms with Crippen LogP contribution in [0, 0.1) is 11.5 Å². The van der Waals surface area contributed by atoms with Gasteiger partial charge < -0.3 is 14.4 Å². The second-order valence-electron chi connectivity index (χ2n) is 6.85. The van der Waals surface area contributed by atoms with Gasteiger partial charge in [-0.25, -0.2) is 0 Å². The smallest absolute Gasteiger partial charge is 0.454 e. The molecule has 0 fully saturated rings. The summed E-state index contributed by atoms with van der Waals surface area (Å²) in [4.78, 5) is 15.4. The van der Waals surface area contributed by atoms with E-state index in [0.717, 1.165) is 12.1 Å². The van der Waals surface area contributed by atoms with Crippen molar-refractivity contribution in [3.05, 3.63) is 59.2 Å². The monoisotopic (exact) mass is 391 g/mol. The number of hydrogen-bond acceptors (Lipinski definition) is 5. The van der Waals surface area contributed by atoms with E-state index in [0.29, 0.717) is 0 Å². The molecule has 3 rings (SSSR count). The van der Waals surface area contributed by atoms with Crippen molar-refractivity contribution in [3.8, 4) is 11.9 Å². The molecule has 9 heteroatoms. The molecule has 28 heavy (non-hydrogen) atoms. The van der Waals surface area contributed by atoms with Gasteiger partial charge in [-0.1, -0.05) is 6.07 Å². The van der Waals surface area contributed by atoms with Crippen LogP contribution in [0.3, 0.4) is 0 Å². The topological polar surface area (TPSA) is 87.6 Å². The zero-order valence-electron chi connectivity index (χ0n) is 14.9. The zero-order valence-corrected chi connectivity index (χ0v) is 14.9. The van der Waals surface area contributed by atoms with Crippen LogP contribution in [0.4, 0.5) is 13.2 Å². The number of nitriles is 1. The summed E-state index contributed by atoms with van der Waals surface area (Å²) in [6.07, 6.45) is -3.02. The van der Waals surface area contributed by atoms with Crippen LogP contribution in [-0.2, 0) is 0 Å². The molecule has 0 radical (unpaired) electrons. The predicted molar refractivity (Wildman–Crippen MR) is 91.3 cm³/mol. The highest BCUT2D eigenvalue weighted by atomic mass is 19.4. The summed E-state index contributed by atoms with van der Waals surface area (Å²) in [6, 6.07) is 7.25. The van der Waals surface area contributed by atoms with Crippen molar-refractivity contribution in [2.75, 3.05) is 0 Å². The minimum absolute atomic E-state index is 0.188. The second-order valence-corrected chi connectivity index (χ2v) is 6.85. The van der Waals surface area contributed by atoms with Gasteiger partial charge in [-0.2, -0.15) is 23.4 Å². The van der Waals surface area contributed by atoms with Crippen molar-refractivity contribution < 1.29 is 27.8 Å². The zero-order chi connectivity index (χ0) is 20.7. The summed E-state index contributed by atoms with van der Waals surface area (Å²) in [5, 5.41) is 19.8. The van der Waals surface area contributed by atoms with Gasteiger partial charge in [0, 0.05) is 17.3 Å². The Hall–Kier alpha value is -3.12. The molecule has 146 valence electrons. The lowest BCUT2D eigenvalue weighted by atomic mass is 9.85. The third-order valence-corrected chi connectivity index (χ3v) is 4.56. The van der Waals surface area contributed by atoms with E-state index in [1.165, 1.54) is 16.7 Å². The lowest BCUT2D eigenvalue weighted by Gasteiger charge is -2.43. The van der Waals surface area contributed by atoms with Gasteiger partial charge in [0.05, 0.1) is 6.04 Å². The molecule has 0 saturated heterocycles. The first-order chi connectivity index (χ1) is 13.1. The van der Waals surface area contributed by atoms with E-state index in [1.807, 2.05) is 0 Å². The number of carbonyl (C=O) groups is 1. The number of benzene rings is 1. The van der Waals surface area contributed by atoms with E-state index in [-0.39, 0.29) is 16.8 Å². The number of hydrogen-bond donors (Lipinski definition) is 1. The fraction of sp³-hybridized carbons (Fsp3) is 0.316. The average Bonchev–Trinajstić information content (AvgIpc) is 2.62. The Bertz CT molecular complexity index is 1030. The number of nitrogens with zero attached hydrogens (tertiary/aromatic N) is 3. The summed E-state index contributed by atoms with van der Waals surface area (Å²) < 4.78 is 45.8. The van der Waals surface area contributed by atoms with Gasteiger partial charge >= 0.3 is 6.18 Å². The molecule has 0 saturated carbocycles. The van der Waals surface area contributed by atoms with Gasteiger partial charge in [0.15, 0.2) is 0 Å². The second kappa shape index (κ2) is 6.80. The van der Waals surface area contributed by atoms with E-state index in [2.05, 4.69) is 4.99 Å². The number of halogens is 3. The number of carbonyl (C=O) groups excluding carboxylic acids is 1. The third kappa shape index (κ3) is 3.39. The van der Waals surface area contributed by atoms with Crippen molar-refractivity contribution in [1.29, 1.82) is 5.26 Å². The van der Waals surface area contributed by atoms with Gasteiger partial charge in [0.2, 0.25) is 6.19 Å². The Balaban J connectivity index is 2.26. The number of ketones is 1. The molecule has 6 nitrogen and oxygen atoms in total. The number of aromatic nitrogens is 1. The first-order valence-electron chi connectivity index (χ1n) is 8.29. The van der Waals surface area contributed by atoms with Crippen LogP contribution in [0.15, 0.2) is 47.6 Å². The first-order valence-corrected chi connectivity index (χ1v) is 8.29. The number of Topliss-reactive ketones (excluding diaryl/α,β-unsaturated/α-hetero) is 1. The maximum Gasteiger partial charge on any atom is 0.454 e. The molecule has 1 aromatic carbocycles. The van der Waals surface area contributed by atoms with Crippen molar-refractivity contribution in [2.45, 2.75) is 37.8 Å². The predicted octanol–water partition coefficient (Wildman–Crippen LogP) is 2.74. The van der Waals surface area contributed by atoms with Crippen LogP contribution in [0.5, 0.6) is 5.75 Å². The molecule has 0 aliphatic carbocycles. The maximum atomic E-state index is 12.9. The Morgan fingerprint density at radius 1 is 1.32 bits per heavy atom. The minimum Gasteiger partial charge on any atom is -0.485 e. The Labute approximate surface area is 158 Å². The highest BCUT2D eigenvalue weighted by Crippen LogP contribution is 2.42. The van der Waals surface area contributed by atoms with Crippen LogP contribution in [0.2, 0.25) is 0 Å². The van der Waals surface area contributed by atoms with Crippen LogP contribution in [0.1, 0.15) is 35.8 Å². The largest absolute Gasteiger partial charge is 0.485 e. The molecule has 1 aliphatic rings. The van der Waals surface area contributed by atoms with Crippen LogP contribution in [0.25, 0.3) is 0 Å². The van der Waals surface area contributed by atoms with Crippen LogP contribution in [-0.4, -0.2) is 33.3 Å². The van der Waals surface area contributed by atoms with E-state index >= 15 is 0 Å². The van der Waals surface area contributed by atoms with Crippen molar-refractivity contribution >= 4 is 5.78 Å². The molecule has 2 aromatic rings. The van der Waals surface area contributed by atoms with Gasteiger partial charge in [-0.3, -0.25) is 4.79 Å². The quantitative estimate of drug-likeness (QED) is 0.630. The van der Waals surface area contributed by atoms with Crippen LogP contribution >= 0.6 is 0 Å². The van der Waals surface area contributed by atoms with Crippen molar-refractivity contribution in [2.24, 2.45) is 4.99 Å². The molecule has 2 heterocycles. The molecule has 2 atom stereocenters. The average molecular weight is 391 g/mol. The molecular formula is C19H16F3N3O3. The lowest BCUT2D eigenvalue weighted by Crippen LogP contribution is -2.52. The maximum absolute atomic E-state index is 12.9. The minimum atomic E-state index is -5.03. The Morgan fingerprint density at radius 3 is 2.68 bits per heavy atom. The molecule has 0 spiro atoms. The summed E-state index contributed by atoms with van der Waals surface area (Å²) in [5.74, 6) is -1.76. The van der Waals surface area contributed by atoms with Gasteiger partial charge in [0.25, 0.3) is 5.78 Å². The molecular weight excluding hydrogens is 375 g/mol. The Morgan fingerprint density at radius 2 is 2.04 bits per heavy atom. The van der Waals surface area contributed by atoms with Crippen molar-refractivity contribution in [3.63, 3.8) is 0 Å². The van der Waals surface area contributed by atoms with Gasteiger partial charge in [0.1, 0.15) is 22.9 Å². The normalized spacial score (nSPS) is 21.4. The van der Waals surface area contributed by atoms with Gasteiger partial charge in [-0.05, 0) is 44.2 Å². The number of aliphatic hydroxyl groups is 1. The summed E-state index contributed by atoms with van der Waals surface area (Å²) >= 11 is 0. The lowest BCUT2D eigenvalue weighted by molar-refractivity contribution is -0.0886. The molecule has 2 unspecified atom stereocenters. The number of ether oxygens (including phenoxy) is 1. The van der Waals surface area contributed by atoms with Gasteiger partial charge in [-0.15, -0.1) is 0 Å². The molecule has 1 N–H and O–H groups in total. The van der Waals surface area contributed by atoms with E-state index in [1.54, 1.807) is 38.4 Å². The number of rotatable bonds is 2. The summed E-state index contributed by atoms with van der Waals surface area (Å²) in [7, 11) is 0. The fourth-order valence-corrected chi connectivity index (χ4v) is 3.20. The molecule has 0 amide bonds. The highest BCUT2D eigenvalue weighted by Gasteiger charge is 2.45. The first kappa shape index (κ1) is 19.6. The Kier molecular flexibility index (Phi) is 4.77. The number of aliphatic hydroxyl groups excluding tert-OH is 1. The van der Waals surface area contributed by atoms with E-state index < -0.39 is 35.3 Å². The molecule has 0 bridgehead atoms. The number of fused-ring (bicyclic) bond motifs is 1. The summed E-state index contributed by atoms with van der Waals surface area (Å²) in [6.45, 7) is 3.26. The molecule has 1 aromatic heterocycles. The third-order valence-electron chi connectivity index (χ3n) is 4.56. The highest BCUT2D eigenvalue weighted by molar-refractivity contribution is 6.00. The van der Waals surface area contributed by atoms with Crippen molar-refractivity contribution in [1.82, 2.24) is 4.57 Å². The van der Waals surface area contributed by atoms with Crippen LogP contribution < -0.4 is 10.2 Å².